The zero-order valence-electron chi connectivity index (χ0n) is 47.1. The van der Waals surface area contributed by atoms with E-state index in [-0.39, 0.29) is 75.4 Å². The summed E-state index contributed by atoms with van der Waals surface area (Å²) in [5.41, 5.74) is 8.38. The molecule has 0 radical (unpaired) electrons. The van der Waals surface area contributed by atoms with E-state index in [4.69, 9.17) is 29.5 Å². The van der Waals surface area contributed by atoms with Gasteiger partial charge < -0.3 is 39.9 Å². The van der Waals surface area contributed by atoms with Crippen molar-refractivity contribution in [1.29, 1.82) is 0 Å². The number of aromatic nitrogens is 4. The molecule has 2 amide bonds. The van der Waals surface area contributed by atoms with Crippen LogP contribution in [0.4, 0.5) is 15.3 Å². The molecule has 1 aliphatic heterocycles. The van der Waals surface area contributed by atoms with Crippen LogP contribution in [0, 0.1) is 0 Å². The van der Waals surface area contributed by atoms with Gasteiger partial charge in [0.15, 0.2) is 8.32 Å². The molecule has 430 valence electrons. The third-order valence-corrected chi connectivity index (χ3v) is 22.1. The van der Waals surface area contributed by atoms with Gasteiger partial charge in [-0.25, -0.2) is 31.1 Å². The molecular weight excluding hydrogens is 1080 g/mol. The molecule has 1 saturated heterocycles. The van der Waals surface area contributed by atoms with E-state index >= 15 is 16.8 Å². The van der Waals surface area contributed by atoms with Crippen LogP contribution in [0.25, 0.3) is 11.4 Å². The van der Waals surface area contributed by atoms with E-state index in [0.29, 0.717) is 35.4 Å². The van der Waals surface area contributed by atoms with Gasteiger partial charge >= 0.3 is 12.2 Å². The predicted octanol–water partition coefficient (Wildman–Crippen LogP) is 8.21. The summed E-state index contributed by atoms with van der Waals surface area (Å²) in [6.07, 6.45) is -1.61. The standard InChI is InChI=1S/C57H76N10O10S2Si/c1-55(2,3)76-54(69)59-35-47(77-80(8,9)56(4,5)6)36-61-78(70,71)49-30-29-48(65-33-31-57(58,32-34-65)41-60-53(68)75-40-45-23-17-12-18-24-45)50(52-62-64-67(63-52)39-44-25-27-46(74-7)28-26-44)51(49)79(72,73)66(37-42-19-13-10-14-20-42)38-43-21-15-11-16-22-43/h10-30,47,61H,31-41,58H2,1-9H3,(H,59,69)(H,60,68)/t47-/m1/s1. The SMILES string of the molecule is COc1ccc(Cn2nnc(-c3c(N4CCC(N)(CNC(=O)OCc5ccccc5)CC4)ccc(S(=O)(=O)NC[C@@H](CNC(=O)OC(C)(C)C)O[Si](C)(C)C(C)(C)C)c3S(=O)(=O)N(Cc3ccccc3)Cc3ccccc3)n2)cc1. The Hall–Kier alpha value is -6.73. The molecule has 1 aliphatic rings. The number of carbonyl (C=O) groups is 2. The quantitative estimate of drug-likeness (QED) is 0.0441. The summed E-state index contributed by atoms with van der Waals surface area (Å²) in [6, 6.07) is 37.5. The Labute approximate surface area is 471 Å². The van der Waals surface area contributed by atoms with Gasteiger partial charge in [0.25, 0.3) is 0 Å². The fraction of sp³-hybridized carbons (Fsp3) is 0.421. The van der Waals surface area contributed by atoms with Crippen LogP contribution in [-0.4, -0.2) is 119 Å². The number of piperidine rings is 1. The van der Waals surface area contributed by atoms with E-state index in [1.165, 1.54) is 15.2 Å². The molecule has 20 nitrogen and oxygen atoms in total. The number of nitrogens with two attached hydrogens (primary N) is 1. The lowest BCUT2D eigenvalue weighted by Crippen LogP contribution is -2.56. The number of benzene rings is 5. The monoisotopic (exact) mass is 1150 g/mol. The molecule has 80 heavy (non-hydrogen) atoms. The Morgan fingerprint density at radius 2 is 1.32 bits per heavy atom. The lowest BCUT2D eigenvalue weighted by molar-refractivity contribution is 0.0498. The van der Waals surface area contributed by atoms with Crippen LogP contribution < -0.4 is 30.7 Å². The zero-order chi connectivity index (χ0) is 57.9. The first-order valence-electron chi connectivity index (χ1n) is 26.5. The van der Waals surface area contributed by atoms with Gasteiger partial charge in [0.05, 0.1) is 25.3 Å². The normalized spacial score (nSPS) is 14.6. The summed E-state index contributed by atoms with van der Waals surface area (Å²) in [4.78, 5) is 28.0. The van der Waals surface area contributed by atoms with E-state index in [1.54, 1.807) is 94.6 Å². The fourth-order valence-electron chi connectivity index (χ4n) is 8.67. The van der Waals surface area contributed by atoms with Crippen molar-refractivity contribution in [2.45, 2.75) is 126 Å². The number of rotatable bonds is 23. The number of carbonyl (C=O) groups excluding carboxylic acids is 2. The second-order valence-corrected chi connectivity index (χ2v) is 30.9. The second-order valence-electron chi connectivity index (χ2n) is 22.5. The number of amides is 2. The molecule has 23 heteroatoms. The summed E-state index contributed by atoms with van der Waals surface area (Å²) in [5.74, 6) is 0.485. The number of tetrazole rings is 1. The summed E-state index contributed by atoms with van der Waals surface area (Å²) in [7, 11) is -10.8. The Morgan fingerprint density at radius 3 is 1.88 bits per heavy atom. The van der Waals surface area contributed by atoms with Crippen molar-refractivity contribution < 1.29 is 45.1 Å². The number of nitrogens with one attached hydrogen (secondary N) is 3. The van der Waals surface area contributed by atoms with Crippen molar-refractivity contribution in [3.8, 4) is 17.1 Å². The Morgan fingerprint density at radius 1 is 0.750 bits per heavy atom. The van der Waals surface area contributed by atoms with Gasteiger partial charge in [-0.1, -0.05) is 124 Å². The summed E-state index contributed by atoms with van der Waals surface area (Å²) >= 11 is 0. The van der Waals surface area contributed by atoms with Gasteiger partial charge in [0.2, 0.25) is 25.9 Å². The number of hydrogen-bond acceptors (Lipinski definition) is 15. The highest BCUT2D eigenvalue weighted by molar-refractivity contribution is 7.92. The van der Waals surface area contributed by atoms with Crippen LogP contribution in [0.2, 0.25) is 18.1 Å². The van der Waals surface area contributed by atoms with E-state index in [0.717, 1.165) is 11.1 Å². The summed E-state index contributed by atoms with van der Waals surface area (Å²) in [6.45, 7) is 15.3. The minimum Gasteiger partial charge on any atom is -0.497 e. The minimum absolute atomic E-state index is 0.0801. The van der Waals surface area contributed by atoms with Crippen LogP contribution in [0.3, 0.4) is 0 Å². The van der Waals surface area contributed by atoms with Gasteiger partial charge in [-0.2, -0.15) is 9.10 Å². The van der Waals surface area contributed by atoms with Crippen LogP contribution >= 0.6 is 0 Å². The molecule has 5 N–H and O–H groups in total. The fourth-order valence-corrected chi connectivity index (χ4v) is 13.5. The van der Waals surface area contributed by atoms with E-state index in [9.17, 15) is 9.59 Å². The van der Waals surface area contributed by atoms with E-state index < -0.39 is 67.6 Å². The van der Waals surface area contributed by atoms with Crippen molar-refractivity contribution >= 4 is 46.2 Å². The van der Waals surface area contributed by atoms with Crippen LogP contribution in [0.15, 0.2) is 137 Å². The van der Waals surface area contributed by atoms with E-state index in [2.05, 4.69) is 25.7 Å². The number of anilines is 1. The van der Waals surface area contributed by atoms with Gasteiger partial charge in [-0.05, 0) is 103 Å². The molecule has 0 aliphatic carbocycles. The molecule has 0 saturated carbocycles. The molecule has 5 aromatic carbocycles. The molecule has 1 aromatic heterocycles. The Kier molecular flexibility index (Phi) is 19.6. The number of hydrogen-bond donors (Lipinski definition) is 4. The van der Waals surface area contributed by atoms with Crippen LogP contribution in [-0.2, 0) is 60.2 Å². The third-order valence-electron chi connectivity index (χ3n) is 14.1. The number of sulfonamides is 2. The maximum absolute atomic E-state index is 16.3. The van der Waals surface area contributed by atoms with Gasteiger partial charge in [-0.3, -0.25) is 0 Å². The Bertz CT molecular complexity index is 3200. The third kappa shape index (κ3) is 16.4. The first-order chi connectivity index (χ1) is 37.7. The highest BCUT2D eigenvalue weighted by Gasteiger charge is 2.42. The maximum Gasteiger partial charge on any atom is 0.407 e. The second kappa shape index (κ2) is 25.8. The van der Waals surface area contributed by atoms with E-state index in [1.807, 2.05) is 93.4 Å². The maximum atomic E-state index is 16.3. The van der Waals surface area contributed by atoms with Crippen LogP contribution in [0.5, 0.6) is 5.75 Å². The van der Waals surface area contributed by atoms with Crippen molar-refractivity contribution in [3.05, 3.63) is 150 Å². The van der Waals surface area contributed by atoms with Crippen molar-refractivity contribution in [2.75, 3.05) is 44.7 Å². The number of alkyl carbamates (subject to hydrolysis) is 2. The molecule has 0 bridgehead atoms. The van der Waals surface area contributed by atoms with Crippen molar-refractivity contribution in [1.82, 2.24) is 39.9 Å². The molecule has 0 unspecified atom stereocenters. The van der Waals surface area contributed by atoms with Crippen molar-refractivity contribution in [2.24, 2.45) is 5.73 Å². The zero-order valence-corrected chi connectivity index (χ0v) is 49.8. The van der Waals surface area contributed by atoms with Gasteiger partial charge in [0, 0.05) is 57.0 Å². The summed E-state index contributed by atoms with van der Waals surface area (Å²) < 4.78 is 90.5. The van der Waals surface area contributed by atoms with Crippen LogP contribution in [0.1, 0.15) is 76.6 Å². The van der Waals surface area contributed by atoms with Crippen molar-refractivity contribution in [3.63, 3.8) is 0 Å². The highest BCUT2D eigenvalue weighted by atomic mass is 32.2. The van der Waals surface area contributed by atoms with Gasteiger partial charge in [0.1, 0.15) is 27.7 Å². The first-order valence-corrected chi connectivity index (χ1v) is 32.4. The first kappa shape index (κ1) is 60.9. The predicted molar refractivity (Wildman–Crippen MR) is 309 cm³/mol. The lowest BCUT2D eigenvalue weighted by atomic mass is 9.88. The number of nitrogens with zero attached hydrogens (tertiary/aromatic N) is 6. The Balaban J connectivity index is 1.34. The molecular formula is C57H76N10O10S2Si. The molecule has 0 spiro atoms. The highest BCUT2D eigenvalue weighted by Crippen LogP contribution is 2.43. The number of methoxy groups -OCH3 is 1. The molecule has 1 fully saturated rings. The minimum atomic E-state index is -4.93. The topological polar surface area (TPSA) is 252 Å². The summed E-state index contributed by atoms with van der Waals surface area (Å²) in [5, 5.41) is 18.9. The smallest absolute Gasteiger partial charge is 0.407 e. The average Bonchev–Trinajstić information content (AvgIpc) is 3.99. The number of ether oxygens (including phenoxy) is 3. The average molecular weight is 1150 g/mol. The molecule has 6 aromatic rings. The molecule has 7 rings (SSSR count). The molecule has 2 heterocycles. The molecule has 1 atom stereocenters. The lowest BCUT2D eigenvalue weighted by Gasteiger charge is -2.41. The van der Waals surface area contributed by atoms with Gasteiger partial charge in [-0.15, -0.1) is 10.2 Å². The largest absolute Gasteiger partial charge is 0.497 e.